The first kappa shape index (κ1) is 16.5. The summed E-state index contributed by atoms with van der Waals surface area (Å²) in [4.78, 5) is 0. The standard InChI is InChI=1S/C19H25NO2/c1-2-22-19-11-7-6-10-17(19)18(21)13-15-20-14-12-16-8-4-3-5-9-16/h3-11,18,20-21H,2,12-15H2,1H3. The minimum atomic E-state index is -0.494. The van der Waals surface area contributed by atoms with E-state index in [-0.39, 0.29) is 0 Å². The van der Waals surface area contributed by atoms with Gasteiger partial charge in [0.2, 0.25) is 0 Å². The highest BCUT2D eigenvalue weighted by molar-refractivity contribution is 5.35. The van der Waals surface area contributed by atoms with Crippen LogP contribution in [0.25, 0.3) is 0 Å². The molecule has 2 aromatic rings. The molecule has 118 valence electrons. The number of benzene rings is 2. The van der Waals surface area contributed by atoms with E-state index in [1.165, 1.54) is 5.56 Å². The highest BCUT2D eigenvalue weighted by atomic mass is 16.5. The van der Waals surface area contributed by atoms with Crippen LogP contribution in [0.2, 0.25) is 0 Å². The van der Waals surface area contributed by atoms with Gasteiger partial charge < -0.3 is 15.2 Å². The molecule has 3 nitrogen and oxygen atoms in total. The minimum Gasteiger partial charge on any atom is -0.493 e. The number of hydrogen-bond acceptors (Lipinski definition) is 3. The summed E-state index contributed by atoms with van der Waals surface area (Å²) >= 11 is 0. The van der Waals surface area contributed by atoms with Gasteiger partial charge in [-0.1, -0.05) is 48.5 Å². The van der Waals surface area contributed by atoms with Crippen molar-refractivity contribution < 1.29 is 9.84 Å². The summed E-state index contributed by atoms with van der Waals surface area (Å²) in [7, 11) is 0. The Bertz CT molecular complexity index is 542. The highest BCUT2D eigenvalue weighted by Crippen LogP contribution is 2.26. The lowest BCUT2D eigenvalue weighted by atomic mass is 10.1. The maximum atomic E-state index is 10.3. The predicted octanol–water partition coefficient (Wildman–Crippen LogP) is 3.34. The van der Waals surface area contributed by atoms with Crippen LogP contribution in [0.1, 0.15) is 30.6 Å². The zero-order valence-corrected chi connectivity index (χ0v) is 13.2. The molecular weight excluding hydrogens is 274 g/mol. The normalized spacial score (nSPS) is 12.1. The van der Waals surface area contributed by atoms with E-state index in [9.17, 15) is 5.11 Å². The molecule has 3 heteroatoms. The second-order valence-electron chi connectivity index (χ2n) is 5.26. The first-order chi connectivity index (χ1) is 10.8. The molecule has 0 aliphatic carbocycles. The SMILES string of the molecule is CCOc1ccccc1C(O)CCNCCc1ccccc1. The molecule has 2 rings (SSSR count). The Morgan fingerprint density at radius 3 is 2.50 bits per heavy atom. The van der Waals surface area contributed by atoms with Gasteiger partial charge in [-0.05, 0) is 44.5 Å². The third-order valence-electron chi connectivity index (χ3n) is 3.61. The van der Waals surface area contributed by atoms with E-state index in [4.69, 9.17) is 4.74 Å². The predicted molar refractivity (Wildman–Crippen MR) is 90.2 cm³/mol. The van der Waals surface area contributed by atoms with Gasteiger partial charge in [-0.25, -0.2) is 0 Å². The van der Waals surface area contributed by atoms with E-state index in [1.54, 1.807) is 0 Å². The summed E-state index contributed by atoms with van der Waals surface area (Å²) in [5.74, 6) is 0.779. The fourth-order valence-electron chi connectivity index (χ4n) is 2.44. The molecule has 2 N–H and O–H groups in total. The van der Waals surface area contributed by atoms with E-state index in [0.717, 1.165) is 30.8 Å². The van der Waals surface area contributed by atoms with Crippen LogP contribution in [0.15, 0.2) is 54.6 Å². The molecule has 0 aliphatic heterocycles. The van der Waals surface area contributed by atoms with Crippen molar-refractivity contribution in [2.75, 3.05) is 19.7 Å². The number of nitrogens with one attached hydrogen (secondary N) is 1. The molecular formula is C19H25NO2. The molecule has 0 bridgehead atoms. The van der Waals surface area contributed by atoms with Gasteiger partial charge in [-0.3, -0.25) is 0 Å². The third-order valence-corrected chi connectivity index (χ3v) is 3.61. The average Bonchev–Trinajstić information content (AvgIpc) is 2.56. The molecule has 0 saturated heterocycles. The van der Waals surface area contributed by atoms with Crippen molar-refractivity contribution >= 4 is 0 Å². The van der Waals surface area contributed by atoms with E-state index >= 15 is 0 Å². The number of para-hydroxylation sites is 1. The Labute approximate surface area is 133 Å². The van der Waals surface area contributed by atoms with Crippen LogP contribution in [0, 0.1) is 0 Å². The second kappa shape index (κ2) is 9.23. The summed E-state index contributed by atoms with van der Waals surface area (Å²) in [6, 6.07) is 18.1. The zero-order chi connectivity index (χ0) is 15.6. The van der Waals surface area contributed by atoms with Crippen LogP contribution < -0.4 is 10.1 Å². The van der Waals surface area contributed by atoms with Gasteiger partial charge in [-0.2, -0.15) is 0 Å². The molecule has 0 spiro atoms. The Morgan fingerprint density at radius 2 is 1.73 bits per heavy atom. The molecule has 0 heterocycles. The van der Waals surface area contributed by atoms with E-state index < -0.39 is 6.10 Å². The van der Waals surface area contributed by atoms with Gasteiger partial charge in [-0.15, -0.1) is 0 Å². The van der Waals surface area contributed by atoms with Gasteiger partial charge in [0.15, 0.2) is 0 Å². The maximum Gasteiger partial charge on any atom is 0.125 e. The Hall–Kier alpha value is -1.84. The molecule has 0 fully saturated rings. The Balaban J connectivity index is 1.72. The highest BCUT2D eigenvalue weighted by Gasteiger charge is 2.12. The quantitative estimate of drug-likeness (QED) is 0.698. The summed E-state index contributed by atoms with van der Waals surface area (Å²) in [5.41, 5.74) is 2.20. The molecule has 0 amide bonds. The van der Waals surface area contributed by atoms with Gasteiger partial charge in [0.05, 0.1) is 12.7 Å². The second-order valence-corrected chi connectivity index (χ2v) is 5.26. The van der Waals surface area contributed by atoms with Gasteiger partial charge in [0.25, 0.3) is 0 Å². The summed E-state index contributed by atoms with van der Waals surface area (Å²) in [5, 5.41) is 13.7. The largest absolute Gasteiger partial charge is 0.493 e. The smallest absolute Gasteiger partial charge is 0.125 e. The molecule has 1 unspecified atom stereocenters. The van der Waals surface area contributed by atoms with Crippen LogP contribution in [-0.2, 0) is 6.42 Å². The summed E-state index contributed by atoms with van der Waals surface area (Å²) in [6.45, 7) is 4.27. The zero-order valence-electron chi connectivity index (χ0n) is 13.2. The number of ether oxygens (including phenoxy) is 1. The summed E-state index contributed by atoms with van der Waals surface area (Å²) in [6.07, 6.45) is 1.19. The van der Waals surface area contributed by atoms with Gasteiger partial charge in [0, 0.05) is 5.56 Å². The van der Waals surface area contributed by atoms with Crippen molar-refractivity contribution in [1.82, 2.24) is 5.32 Å². The fourth-order valence-corrected chi connectivity index (χ4v) is 2.44. The fraction of sp³-hybridized carbons (Fsp3) is 0.368. The van der Waals surface area contributed by atoms with Crippen molar-refractivity contribution in [1.29, 1.82) is 0 Å². The lowest BCUT2D eigenvalue weighted by Crippen LogP contribution is -2.20. The number of hydrogen-bond donors (Lipinski definition) is 2. The molecule has 2 aromatic carbocycles. The Kier molecular flexibility index (Phi) is 6.94. The summed E-state index contributed by atoms with van der Waals surface area (Å²) < 4.78 is 5.56. The van der Waals surface area contributed by atoms with Gasteiger partial charge >= 0.3 is 0 Å². The monoisotopic (exact) mass is 299 g/mol. The number of rotatable bonds is 9. The average molecular weight is 299 g/mol. The molecule has 0 saturated carbocycles. The van der Waals surface area contributed by atoms with Crippen molar-refractivity contribution in [2.24, 2.45) is 0 Å². The topological polar surface area (TPSA) is 41.5 Å². The van der Waals surface area contributed by atoms with Crippen LogP contribution in [0.3, 0.4) is 0 Å². The van der Waals surface area contributed by atoms with Crippen molar-refractivity contribution in [2.45, 2.75) is 25.9 Å². The lowest BCUT2D eigenvalue weighted by molar-refractivity contribution is 0.161. The first-order valence-electron chi connectivity index (χ1n) is 7.95. The lowest BCUT2D eigenvalue weighted by Gasteiger charge is -2.16. The van der Waals surface area contributed by atoms with E-state index in [2.05, 4.69) is 29.6 Å². The molecule has 0 aliphatic rings. The minimum absolute atomic E-state index is 0.494. The number of aliphatic hydroxyl groups excluding tert-OH is 1. The van der Waals surface area contributed by atoms with Crippen molar-refractivity contribution in [3.05, 3.63) is 65.7 Å². The maximum absolute atomic E-state index is 10.3. The molecule has 0 aromatic heterocycles. The number of aliphatic hydroxyl groups is 1. The molecule has 22 heavy (non-hydrogen) atoms. The van der Waals surface area contributed by atoms with E-state index in [1.807, 2.05) is 37.3 Å². The van der Waals surface area contributed by atoms with E-state index in [0.29, 0.717) is 13.0 Å². The van der Waals surface area contributed by atoms with Crippen LogP contribution in [0.5, 0.6) is 5.75 Å². The van der Waals surface area contributed by atoms with Crippen LogP contribution >= 0.6 is 0 Å². The van der Waals surface area contributed by atoms with Crippen LogP contribution in [-0.4, -0.2) is 24.8 Å². The molecule has 1 atom stereocenters. The van der Waals surface area contributed by atoms with Crippen LogP contribution in [0.4, 0.5) is 0 Å². The van der Waals surface area contributed by atoms with Crippen molar-refractivity contribution in [3.63, 3.8) is 0 Å². The van der Waals surface area contributed by atoms with Gasteiger partial charge in [0.1, 0.15) is 5.75 Å². The molecule has 0 radical (unpaired) electrons. The Morgan fingerprint density at radius 1 is 1.00 bits per heavy atom. The van der Waals surface area contributed by atoms with Crippen molar-refractivity contribution in [3.8, 4) is 5.75 Å². The first-order valence-corrected chi connectivity index (χ1v) is 7.95. The third kappa shape index (κ3) is 5.17.